The van der Waals surface area contributed by atoms with E-state index in [4.69, 9.17) is 4.42 Å². The van der Waals surface area contributed by atoms with Gasteiger partial charge in [0.1, 0.15) is 18.1 Å². The van der Waals surface area contributed by atoms with Crippen LogP contribution in [0.4, 0.5) is 13.2 Å². The third-order valence-electron chi connectivity index (χ3n) is 2.62. The number of aryl methyl sites for hydroxylation is 2. The molecule has 3 nitrogen and oxygen atoms in total. The summed E-state index contributed by atoms with van der Waals surface area (Å²) in [5.41, 5.74) is 0.964. The van der Waals surface area contributed by atoms with Crippen LogP contribution in [0.1, 0.15) is 29.5 Å². The number of furan rings is 1. The van der Waals surface area contributed by atoms with E-state index in [2.05, 4.69) is 10.1 Å². The maximum Gasteiger partial charge on any atom is 0.411 e. The van der Waals surface area contributed by atoms with Gasteiger partial charge in [0.05, 0.1) is 0 Å². The quantitative estimate of drug-likeness (QED) is 0.802. The van der Waals surface area contributed by atoms with E-state index in [-0.39, 0.29) is 12.6 Å². The molecular formula is C12H18F3NO2. The molecule has 1 unspecified atom stereocenters. The van der Waals surface area contributed by atoms with Gasteiger partial charge in [-0.3, -0.25) is 0 Å². The van der Waals surface area contributed by atoms with Crippen molar-refractivity contribution in [1.29, 1.82) is 0 Å². The summed E-state index contributed by atoms with van der Waals surface area (Å²) in [7, 11) is 1.76. The van der Waals surface area contributed by atoms with Gasteiger partial charge in [-0.25, -0.2) is 0 Å². The topological polar surface area (TPSA) is 34.4 Å². The number of ether oxygens (including phenoxy) is 1. The number of rotatable bonds is 6. The number of halogens is 3. The summed E-state index contributed by atoms with van der Waals surface area (Å²) in [6, 6.07) is 1.83. The Kier molecular flexibility index (Phi) is 5.22. The van der Waals surface area contributed by atoms with E-state index in [0.717, 1.165) is 17.1 Å². The van der Waals surface area contributed by atoms with Crippen LogP contribution in [0.3, 0.4) is 0 Å². The van der Waals surface area contributed by atoms with E-state index < -0.39 is 12.8 Å². The molecule has 0 bridgehead atoms. The lowest BCUT2D eigenvalue weighted by Gasteiger charge is -2.16. The average Bonchev–Trinajstić information content (AvgIpc) is 2.56. The Bertz CT molecular complexity index is 374. The minimum absolute atomic E-state index is 0.0503. The van der Waals surface area contributed by atoms with Crippen LogP contribution in [0.25, 0.3) is 0 Å². The normalized spacial score (nSPS) is 13.9. The lowest BCUT2D eigenvalue weighted by atomic mass is 10.1. The van der Waals surface area contributed by atoms with Crippen molar-refractivity contribution in [2.75, 3.05) is 20.3 Å². The van der Waals surface area contributed by atoms with Crippen LogP contribution in [0.2, 0.25) is 0 Å². The monoisotopic (exact) mass is 265 g/mol. The molecule has 0 amide bonds. The summed E-state index contributed by atoms with van der Waals surface area (Å²) < 4.78 is 45.7. The number of nitrogens with one attached hydrogen (secondary N) is 1. The minimum Gasteiger partial charge on any atom is -0.466 e. The first-order valence-electron chi connectivity index (χ1n) is 5.72. The van der Waals surface area contributed by atoms with Crippen molar-refractivity contribution in [2.24, 2.45) is 0 Å². The van der Waals surface area contributed by atoms with Gasteiger partial charge in [-0.2, -0.15) is 13.2 Å². The van der Waals surface area contributed by atoms with Gasteiger partial charge >= 0.3 is 6.18 Å². The SMILES string of the molecule is CNC(CCOCC(F)(F)F)c1cc(C)oc1C. The molecule has 104 valence electrons. The van der Waals surface area contributed by atoms with E-state index in [1.54, 1.807) is 7.05 Å². The minimum atomic E-state index is -4.27. The van der Waals surface area contributed by atoms with Crippen LogP contribution in [-0.2, 0) is 4.74 Å². The van der Waals surface area contributed by atoms with Gasteiger partial charge in [0.15, 0.2) is 0 Å². The third kappa shape index (κ3) is 4.70. The third-order valence-corrected chi connectivity index (χ3v) is 2.62. The van der Waals surface area contributed by atoms with Crippen molar-refractivity contribution >= 4 is 0 Å². The van der Waals surface area contributed by atoms with Crippen LogP contribution < -0.4 is 5.32 Å². The molecule has 0 radical (unpaired) electrons. The Morgan fingerprint density at radius 3 is 2.50 bits per heavy atom. The second-order valence-electron chi connectivity index (χ2n) is 4.17. The van der Waals surface area contributed by atoms with Crippen molar-refractivity contribution in [2.45, 2.75) is 32.5 Å². The fourth-order valence-electron chi connectivity index (χ4n) is 1.84. The van der Waals surface area contributed by atoms with E-state index in [1.165, 1.54) is 0 Å². The second-order valence-corrected chi connectivity index (χ2v) is 4.17. The maximum atomic E-state index is 11.9. The molecule has 1 aromatic rings. The largest absolute Gasteiger partial charge is 0.466 e. The summed E-state index contributed by atoms with van der Waals surface area (Å²) >= 11 is 0. The molecule has 18 heavy (non-hydrogen) atoms. The van der Waals surface area contributed by atoms with Crippen molar-refractivity contribution < 1.29 is 22.3 Å². The fourth-order valence-corrected chi connectivity index (χ4v) is 1.84. The molecule has 0 saturated heterocycles. The summed E-state index contributed by atoms with van der Waals surface area (Å²) in [6.07, 6.45) is -3.80. The molecule has 1 heterocycles. The van der Waals surface area contributed by atoms with Crippen LogP contribution in [0.15, 0.2) is 10.5 Å². The number of alkyl halides is 3. The molecule has 0 spiro atoms. The van der Waals surface area contributed by atoms with Crippen molar-refractivity contribution in [3.05, 3.63) is 23.2 Å². The zero-order chi connectivity index (χ0) is 13.8. The zero-order valence-corrected chi connectivity index (χ0v) is 10.7. The summed E-state index contributed by atoms with van der Waals surface area (Å²) in [4.78, 5) is 0. The first kappa shape index (κ1) is 15.0. The first-order chi connectivity index (χ1) is 8.33. The first-order valence-corrected chi connectivity index (χ1v) is 5.72. The average molecular weight is 265 g/mol. The van der Waals surface area contributed by atoms with Crippen molar-refractivity contribution in [1.82, 2.24) is 5.32 Å². The summed E-state index contributed by atoms with van der Waals surface area (Å²) in [6.45, 7) is 2.52. The van der Waals surface area contributed by atoms with Gasteiger partial charge in [0.2, 0.25) is 0 Å². The molecule has 0 fully saturated rings. The predicted octanol–water partition coefficient (Wildman–Crippen LogP) is 3.13. The van der Waals surface area contributed by atoms with Gasteiger partial charge in [0.25, 0.3) is 0 Å². The van der Waals surface area contributed by atoms with E-state index in [9.17, 15) is 13.2 Å². The molecule has 0 aromatic carbocycles. The van der Waals surface area contributed by atoms with Gasteiger partial charge in [0, 0.05) is 18.2 Å². The zero-order valence-electron chi connectivity index (χ0n) is 10.7. The molecule has 0 aliphatic heterocycles. The highest BCUT2D eigenvalue weighted by molar-refractivity contribution is 5.23. The lowest BCUT2D eigenvalue weighted by molar-refractivity contribution is -0.174. The van der Waals surface area contributed by atoms with Crippen LogP contribution in [0, 0.1) is 13.8 Å². The molecule has 0 aliphatic rings. The second kappa shape index (κ2) is 6.24. The van der Waals surface area contributed by atoms with Crippen LogP contribution in [-0.4, -0.2) is 26.4 Å². The Morgan fingerprint density at radius 2 is 2.06 bits per heavy atom. The Hall–Kier alpha value is -1.01. The number of hydrogen-bond donors (Lipinski definition) is 1. The highest BCUT2D eigenvalue weighted by Crippen LogP contribution is 2.24. The molecule has 1 aromatic heterocycles. The lowest BCUT2D eigenvalue weighted by Crippen LogP contribution is -2.21. The fraction of sp³-hybridized carbons (Fsp3) is 0.667. The maximum absolute atomic E-state index is 11.9. The Labute approximate surface area is 104 Å². The van der Waals surface area contributed by atoms with Crippen molar-refractivity contribution in [3.8, 4) is 0 Å². The molecule has 1 rings (SSSR count). The Balaban J connectivity index is 2.46. The standard InChI is InChI=1S/C12H18F3NO2/c1-8-6-10(9(2)18-8)11(16-3)4-5-17-7-12(13,14)15/h6,11,16H,4-5,7H2,1-3H3. The smallest absolute Gasteiger partial charge is 0.411 e. The number of hydrogen-bond acceptors (Lipinski definition) is 3. The molecule has 1 N–H and O–H groups in total. The summed E-state index contributed by atoms with van der Waals surface area (Å²) in [5, 5.41) is 3.05. The molecule has 1 atom stereocenters. The van der Waals surface area contributed by atoms with E-state index in [1.807, 2.05) is 19.9 Å². The highest BCUT2D eigenvalue weighted by Gasteiger charge is 2.27. The Morgan fingerprint density at radius 1 is 1.39 bits per heavy atom. The highest BCUT2D eigenvalue weighted by atomic mass is 19.4. The molecular weight excluding hydrogens is 247 g/mol. The van der Waals surface area contributed by atoms with Gasteiger partial charge in [-0.15, -0.1) is 0 Å². The van der Waals surface area contributed by atoms with Gasteiger partial charge in [-0.1, -0.05) is 0 Å². The molecule has 6 heteroatoms. The van der Waals surface area contributed by atoms with E-state index in [0.29, 0.717) is 6.42 Å². The summed E-state index contributed by atoms with van der Waals surface area (Å²) in [5.74, 6) is 1.57. The molecule has 0 saturated carbocycles. The molecule has 0 aliphatic carbocycles. The van der Waals surface area contributed by atoms with E-state index >= 15 is 0 Å². The van der Waals surface area contributed by atoms with Crippen LogP contribution in [0.5, 0.6) is 0 Å². The van der Waals surface area contributed by atoms with Gasteiger partial charge in [-0.05, 0) is 33.4 Å². The predicted molar refractivity (Wildman–Crippen MR) is 61.5 cm³/mol. The van der Waals surface area contributed by atoms with Crippen molar-refractivity contribution in [3.63, 3.8) is 0 Å². The van der Waals surface area contributed by atoms with Crippen LogP contribution >= 0.6 is 0 Å². The van der Waals surface area contributed by atoms with Gasteiger partial charge < -0.3 is 14.5 Å².